The van der Waals surface area contributed by atoms with Gasteiger partial charge in [0, 0.05) is 18.8 Å². The van der Waals surface area contributed by atoms with Gasteiger partial charge in [-0.25, -0.2) is 4.39 Å². The molecule has 19 heavy (non-hydrogen) atoms. The summed E-state index contributed by atoms with van der Waals surface area (Å²) in [6.07, 6.45) is 5.37. The maximum Gasteiger partial charge on any atom is 0.123 e. The summed E-state index contributed by atoms with van der Waals surface area (Å²) in [5.41, 5.74) is 1.02. The van der Waals surface area contributed by atoms with E-state index < -0.39 is 0 Å². The van der Waals surface area contributed by atoms with Crippen LogP contribution in [-0.4, -0.2) is 27.6 Å². The van der Waals surface area contributed by atoms with Gasteiger partial charge in [-0.1, -0.05) is 17.3 Å². The Morgan fingerprint density at radius 3 is 3.05 bits per heavy atom. The molecular formula is C14H19FN4. The Morgan fingerprint density at radius 1 is 1.42 bits per heavy atom. The molecule has 0 amide bonds. The Labute approximate surface area is 112 Å². The number of halogens is 1. The lowest BCUT2D eigenvalue weighted by Crippen LogP contribution is -2.29. The van der Waals surface area contributed by atoms with Crippen molar-refractivity contribution in [1.82, 2.24) is 20.3 Å². The quantitative estimate of drug-likeness (QED) is 0.776. The Kier molecular flexibility index (Phi) is 5.03. The van der Waals surface area contributed by atoms with Crippen LogP contribution in [0.3, 0.4) is 0 Å². The fourth-order valence-electron chi connectivity index (χ4n) is 2.03. The smallest absolute Gasteiger partial charge is 0.123 e. The van der Waals surface area contributed by atoms with E-state index in [1.807, 2.05) is 16.9 Å². The molecule has 1 aromatic heterocycles. The van der Waals surface area contributed by atoms with Crippen molar-refractivity contribution in [3.8, 4) is 0 Å². The lowest BCUT2D eigenvalue weighted by atomic mass is 10.1. The number of benzene rings is 1. The van der Waals surface area contributed by atoms with Crippen LogP contribution in [0.1, 0.15) is 18.9 Å². The van der Waals surface area contributed by atoms with Crippen LogP contribution in [0.4, 0.5) is 4.39 Å². The van der Waals surface area contributed by atoms with Crippen molar-refractivity contribution in [2.75, 3.05) is 6.54 Å². The predicted octanol–water partition coefficient (Wildman–Crippen LogP) is 2.03. The van der Waals surface area contributed by atoms with Crippen molar-refractivity contribution in [2.45, 2.75) is 32.4 Å². The van der Waals surface area contributed by atoms with Crippen LogP contribution in [0, 0.1) is 5.82 Å². The topological polar surface area (TPSA) is 42.7 Å². The number of nitrogens with zero attached hydrogens (tertiary/aromatic N) is 3. The first-order valence-corrected chi connectivity index (χ1v) is 6.56. The van der Waals surface area contributed by atoms with E-state index in [0.717, 1.165) is 31.5 Å². The molecule has 1 heterocycles. The Balaban J connectivity index is 1.65. The minimum absolute atomic E-state index is 0.170. The summed E-state index contributed by atoms with van der Waals surface area (Å²) < 4.78 is 14.9. The van der Waals surface area contributed by atoms with Gasteiger partial charge < -0.3 is 5.32 Å². The number of hydrogen-bond donors (Lipinski definition) is 1. The molecule has 0 aliphatic rings. The largest absolute Gasteiger partial charge is 0.314 e. The third kappa shape index (κ3) is 4.79. The van der Waals surface area contributed by atoms with E-state index in [4.69, 9.17) is 0 Å². The van der Waals surface area contributed by atoms with Gasteiger partial charge in [0.25, 0.3) is 0 Å². The average molecular weight is 262 g/mol. The van der Waals surface area contributed by atoms with Gasteiger partial charge in [0.05, 0.1) is 6.20 Å². The Bertz CT molecular complexity index is 484. The lowest BCUT2D eigenvalue weighted by Gasteiger charge is -2.13. The molecule has 0 bridgehead atoms. The highest BCUT2D eigenvalue weighted by Crippen LogP contribution is 2.06. The minimum Gasteiger partial charge on any atom is -0.314 e. The van der Waals surface area contributed by atoms with Crippen molar-refractivity contribution < 1.29 is 4.39 Å². The Morgan fingerprint density at radius 2 is 2.32 bits per heavy atom. The molecule has 1 aromatic carbocycles. The fraction of sp³-hybridized carbons (Fsp3) is 0.429. The van der Waals surface area contributed by atoms with Gasteiger partial charge >= 0.3 is 0 Å². The van der Waals surface area contributed by atoms with E-state index in [0.29, 0.717) is 6.04 Å². The first-order chi connectivity index (χ1) is 9.24. The van der Waals surface area contributed by atoms with Crippen molar-refractivity contribution >= 4 is 0 Å². The van der Waals surface area contributed by atoms with Crippen LogP contribution in [0.5, 0.6) is 0 Å². The summed E-state index contributed by atoms with van der Waals surface area (Å²) in [6, 6.07) is 7.10. The number of aromatic nitrogens is 3. The van der Waals surface area contributed by atoms with Crippen LogP contribution in [-0.2, 0) is 13.0 Å². The zero-order valence-electron chi connectivity index (χ0n) is 11.1. The van der Waals surface area contributed by atoms with Gasteiger partial charge in [-0.05, 0) is 44.0 Å². The van der Waals surface area contributed by atoms with Gasteiger partial charge in [0.2, 0.25) is 0 Å². The molecule has 1 N–H and O–H groups in total. The molecule has 102 valence electrons. The highest BCUT2D eigenvalue weighted by Gasteiger charge is 2.03. The van der Waals surface area contributed by atoms with Gasteiger partial charge in [-0.2, -0.15) is 0 Å². The molecule has 0 fully saturated rings. The van der Waals surface area contributed by atoms with E-state index in [1.165, 1.54) is 6.07 Å². The van der Waals surface area contributed by atoms with Gasteiger partial charge in [-0.3, -0.25) is 4.68 Å². The summed E-state index contributed by atoms with van der Waals surface area (Å²) >= 11 is 0. The predicted molar refractivity (Wildman–Crippen MR) is 72.2 cm³/mol. The molecular weight excluding hydrogens is 243 g/mol. The minimum atomic E-state index is -0.170. The van der Waals surface area contributed by atoms with Crippen molar-refractivity contribution in [3.63, 3.8) is 0 Å². The van der Waals surface area contributed by atoms with Crippen LogP contribution >= 0.6 is 0 Å². The zero-order chi connectivity index (χ0) is 13.5. The fourth-order valence-corrected chi connectivity index (χ4v) is 2.03. The highest BCUT2D eigenvalue weighted by atomic mass is 19.1. The summed E-state index contributed by atoms with van der Waals surface area (Å²) in [7, 11) is 0. The molecule has 1 atom stereocenters. The summed E-state index contributed by atoms with van der Waals surface area (Å²) in [5, 5.41) is 11.1. The third-order valence-corrected chi connectivity index (χ3v) is 2.96. The SMILES string of the molecule is CC(Cc1cccc(F)c1)NCCCn1ccnn1. The van der Waals surface area contributed by atoms with Crippen LogP contribution in [0.2, 0.25) is 0 Å². The highest BCUT2D eigenvalue weighted by molar-refractivity contribution is 5.17. The molecule has 0 spiro atoms. The van der Waals surface area contributed by atoms with Gasteiger partial charge in [-0.15, -0.1) is 5.10 Å². The molecule has 2 rings (SSSR count). The number of nitrogens with one attached hydrogen (secondary N) is 1. The average Bonchev–Trinajstić information content (AvgIpc) is 2.88. The van der Waals surface area contributed by atoms with Gasteiger partial charge in [0.1, 0.15) is 5.82 Å². The molecule has 0 radical (unpaired) electrons. The first-order valence-electron chi connectivity index (χ1n) is 6.56. The number of aryl methyl sites for hydroxylation is 1. The van der Waals surface area contributed by atoms with Crippen molar-refractivity contribution in [2.24, 2.45) is 0 Å². The summed E-state index contributed by atoms with van der Waals surface area (Å²) in [6.45, 7) is 3.89. The second-order valence-corrected chi connectivity index (χ2v) is 4.71. The molecule has 0 saturated carbocycles. The van der Waals surface area contributed by atoms with E-state index in [2.05, 4.69) is 22.6 Å². The summed E-state index contributed by atoms with van der Waals surface area (Å²) in [4.78, 5) is 0. The monoisotopic (exact) mass is 262 g/mol. The maximum absolute atomic E-state index is 13.0. The van der Waals surface area contributed by atoms with Crippen LogP contribution in [0.15, 0.2) is 36.7 Å². The second-order valence-electron chi connectivity index (χ2n) is 4.71. The van der Waals surface area contributed by atoms with E-state index in [1.54, 1.807) is 18.3 Å². The standard InChI is InChI=1S/C14H19FN4/c1-12(10-13-4-2-5-14(15)11-13)16-6-3-8-19-9-7-17-18-19/h2,4-5,7,9,11-12,16H,3,6,8,10H2,1H3. The molecule has 0 saturated heterocycles. The lowest BCUT2D eigenvalue weighted by molar-refractivity contribution is 0.488. The zero-order valence-corrected chi connectivity index (χ0v) is 11.1. The number of hydrogen-bond acceptors (Lipinski definition) is 3. The molecule has 1 unspecified atom stereocenters. The molecule has 2 aromatic rings. The molecule has 4 nitrogen and oxygen atoms in total. The van der Waals surface area contributed by atoms with E-state index >= 15 is 0 Å². The van der Waals surface area contributed by atoms with E-state index in [-0.39, 0.29) is 5.82 Å². The van der Waals surface area contributed by atoms with Crippen molar-refractivity contribution in [3.05, 3.63) is 48.0 Å². The van der Waals surface area contributed by atoms with Crippen molar-refractivity contribution in [1.29, 1.82) is 0 Å². The third-order valence-electron chi connectivity index (χ3n) is 2.96. The molecule has 0 aliphatic heterocycles. The normalized spacial score (nSPS) is 12.5. The van der Waals surface area contributed by atoms with Crippen LogP contribution < -0.4 is 5.32 Å². The molecule has 0 aliphatic carbocycles. The van der Waals surface area contributed by atoms with E-state index in [9.17, 15) is 4.39 Å². The van der Waals surface area contributed by atoms with Gasteiger partial charge in [0.15, 0.2) is 0 Å². The number of rotatable bonds is 7. The summed E-state index contributed by atoms with van der Waals surface area (Å²) in [5.74, 6) is -0.170. The maximum atomic E-state index is 13.0. The molecule has 5 heteroatoms. The Hall–Kier alpha value is -1.75. The second kappa shape index (κ2) is 6.99. The van der Waals surface area contributed by atoms with Crippen LogP contribution in [0.25, 0.3) is 0 Å². The first kappa shape index (κ1) is 13.7.